The lowest BCUT2D eigenvalue weighted by atomic mass is 10.2. The van der Waals surface area contributed by atoms with Crippen LogP contribution in [-0.4, -0.2) is 22.7 Å². The number of hydrogen-bond donors (Lipinski definition) is 1. The highest BCUT2D eigenvalue weighted by atomic mass is 127. The summed E-state index contributed by atoms with van der Waals surface area (Å²) in [5.41, 5.74) is 1.69. The highest BCUT2D eigenvalue weighted by Gasteiger charge is 2.34. The van der Waals surface area contributed by atoms with Gasteiger partial charge in [0, 0.05) is 14.3 Å². The molecule has 1 heterocycles. The SMILES string of the molecule is O=C1S/C(=C\c2ccc(Cl)cc2)C(=O)N1CNc1ccc(I)cc1. The summed E-state index contributed by atoms with van der Waals surface area (Å²) in [6, 6.07) is 14.8. The van der Waals surface area contributed by atoms with Crippen LogP contribution >= 0.6 is 46.0 Å². The number of nitrogens with zero attached hydrogens (tertiary/aromatic N) is 1. The van der Waals surface area contributed by atoms with Gasteiger partial charge in [0.25, 0.3) is 11.1 Å². The third kappa shape index (κ3) is 4.12. The van der Waals surface area contributed by atoms with Gasteiger partial charge < -0.3 is 5.32 Å². The van der Waals surface area contributed by atoms with Gasteiger partial charge in [-0.15, -0.1) is 0 Å². The minimum absolute atomic E-state index is 0.142. The molecule has 2 aromatic rings. The predicted molar refractivity (Wildman–Crippen MR) is 107 cm³/mol. The van der Waals surface area contributed by atoms with Gasteiger partial charge in [0.05, 0.1) is 11.6 Å². The number of hydrogen-bond acceptors (Lipinski definition) is 4. The van der Waals surface area contributed by atoms with Crippen molar-refractivity contribution in [1.82, 2.24) is 4.90 Å². The summed E-state index contributed by atoms with van der Waals surface area (Å²) >= 11 is 9.01. The molecule has 1 N–H and O–H groups in total. The molecule has 7 heteroatoms. The minimum Gasteiger partial charge on any atom is -0.367 e. The van der Waals surface area contributed by atoms with E-state index in [1.54, 1.807) is 30.3 Å². The highest BCUT2D eigenvalue weighted by Crippen LogP contribution is 2.32. The normalized spacial score (nSPS) is 16.1. The van der Waals surface area contributed by atoms with Crippen LogP contribution in [0, 0.1) is 3.57 Å². The lowest BCUT2D eigenvalue weighted by Gasteiger charge is -2.14. The third-order valence-electron chi connectivity index (χ3n) is 3.33. The average Bonchev–Trinajstić information content (AvgIpc) is 2.83. The zero-order chi connectivity index (χ0) is 17.1. The summed E-state index contributed by atoms with van der Waals surface area (Å²) in [5.74, 6) is -0.294. The molecule has 2 aromatic carbocycles. The molecule has 3 rings (SSSR count). The quantitative estimate of drug-likeness (QED) is 0.502. The van der Waals surface area contributed by atoms with Crippen LogP contribution in [0.4, 0.5) is 10.5 Å². The molecule has 0 unspecified atom stereocenters. The lowest BCUT2D eigenvalue weighted by Crippen LogP contribution is -2.33. The van der Waals surface area contributed by atoms with Crippen molar-refractivity contribution in [2.75, 3.05) is 12.0 Å². The highest BCUT2D eigenvalue weighted by molar-refractivity contribution is 14.1. The second-order valence-electron chi connectivity index (χ2n) is 5.00. The van der Waals surface area contributed by atoms with Crippen LogP contribution in [0.2, 0.25) is 5.02 Å². The summed E-state index contributed by atoms with van der Waals surface area (Å²) in [6.45, 7) is 0.142. The third-order valence-corrected chi connectivity index (χ3v) is 5.21. The largest absolute Gasteiger partial charge is 0.367 e. The van der Waals surface area contributed by atoms with Crippen LogP contribution in [-0.2, 0) is 4.79 Å². The number of carbonyl (C=O) groups excluding carboxylic acids is 2. The fraction of sp³-hybridized carbons (Fsp3) is 0.0588. The zero-order valence-electron chi connectivity index (χ0n) is 12.3. The van der Waals surface area contributed by atoms with E-state index in [1.165, 1.54) is 4.90 Å². The second-order valence-corrected chi connectivity index (χ2v) is 7.68. The molecule has 1 saturated heterocycles. The molecule has 122 valence electrons. The first-order chi connectivity index (χ1) is 11.5. The molecule has 0 spiro atoms. The summed E-state index contributed by atoms with van der Waals surface area (Å²) in [7, 11) is 0. The molecule has 1 aliphatic heterocycles. The number of thioether (sulfide) groups is 1. The minimum atomic E-state index is -0.294. The zero-order valence-corrected chi connectivity index (χ0v) is 16.1. The van der Waals surface area contributed by atoms with E-state index in [9.17, 15) is 9.59 Å². The fourth-order valence-electron chi connectivity index (χ4n) is 2.08. The van der Waals surface area contributed by atoms with Gasteiger partial charge in [-0.25, -0.2) is 0 Å². The molecular formula is C17H12ClIN2O2S. The van der Waals surface area contributed by atoms with Gasteiger partial charge in [0.15, 0.2) is 0 Å². The number of amides is 2. The standard InChI is InChI=1S/C17H12ClIN2O2S/c18-12-3-1-11(2-4-12)9-15-16(22)21(17(23)24-15)10-20-14-7-5-13(19)6-8-14/h1-9,20H,10H2/b15-9-. The van der Waals surface area contributed by atoms with Crippen LogP contribution in [0.1, 0.15) is 5.56 Å². The van der Waals surface area contributed by atoms with Crippen molar-refractivity contribution in [3.05, 3.63) is 67.6 Å². The Kier molecular flexibility index (Phi) is 5.47. The van der Waals surface area contributed by atoms with Gasteiger partial charge in [-0.1, -0.05) is 23.7 Å². The van der Waals surface area contributed by atoms with E-state index >= 15 is 0 Å². The summed E-state index contributed by atoms with van der Waals surface area (Å²) in [6.07, 6.45) is 1.70. The number of halogens is 2. The Hall–Kier alpha value is -1.51. The summed E-state index contributed by atoms with van der Waals surface area (Å²) in [5, 5.41) is 3.44. The van der Waals surface area contributed by atoms with Crippen molar-refractivity contribution in [2.45, 2.75) is 0 Å². The van der Waals surface area contributed by atoms with Gasteiger partial charge >= 0.3 is 0 Å². The topological polar surface area (TPSA) is 49.4 Å². The molecule has 4 nitrogen and oxygen atoms in total. The molecule has 0 aromatic heterocycles. The van der Waals surface area contributed by atoms with Crippen molar-refractivity contribution in [3.8, 4) is 0 Å². The van der Waals surface area contributed by atoms with Gasteiger partial charge in [-0.2, -0.15) is 0 Å². The number of nitrogens with one attached hydrogen (secondary N) is 1. The molecule has 1 fully saturated rings. The summed E-state index contributed by atoms with van der Waals surface area (Å²) in [4.78, 5) is 26.1. The number of rotatable bonds is 4. The van der Waals surface area contributed by atoms with Crippen molar-refractivity contribution < 1.29 is 9.59 Å². The molecule has 2 amide bonds. The molecule has 0 aliphatic carbocycles. The second kappa shape index (κ2) is 7.58. The Morgan fingerprint density at radius 1 is 1.08 bits per heavy atom. The smallest absolute Gasteiger partial charge is 0.295 e. The molecule has 0 radical (unpaired) electrons. The van der Waals surface area contributed by atoms with Gasteiger partial charge in [0.1, 0.15) is 0 Å². The van der Waals surface area contributed by atoms with Crippen LogP contribution in [0.3, 0.4) is 0 Å². The Bertz CT molecular complexity index is 806. The fourth-order valence-corrected chi connectivity index (χ4v) is 3.41. The first kappa shape index (κ1) is 17.3. The number of benzene rings is 2. The van der Waals surface area contributed by atoms with Crippen LogP contribution in [0.15, 0.2) is 53.4 Å². The monoisotopic (exact) mass is 470 g/mol. The van der Waals surface area contributed by atoms with Crippen molar-refractivity contribution in [1.29, 1.82) is 0 Å². The van der Waals surface area contributed by atoms with Gasteiger partial charge in [0.2, 0.25) is 0 Å². The van der Waals surface area contributed by atoms with E-state index in [-0.39, 0.29) is 17.8 Å². The van der Waals surface area contributed by atoms with Crippen molar-refractivity contribution >= 4 is 68.9 Å². The Labute approximate surface area is 162 Å². The molecule has 0 atom stereocenters. The summed E-state index contributed by atoms with van der Waals surface area (Å²) < 4.78 is 1.12. The maximum absolute atomic E-state index is 12.4. The molecule has 0 saturated carbocycles. The van der Waals surface area contributed by atoms with Crippen LogP contribution in [0.25, 0.3) is 6.08 Å². The molecule has 0 bridgehead atoms. The first-order valence-corrected chi connectivity index (χ1v) is 9.30. The van der Waals surface area contributed by atoms with Crippen molar-refractivity contribution in [3.63, 3.8) is 0 Å². The van der Waals surface area contributed by atoms with E-state index in [4.69, 9.17) is 11.6 Å². The number of anilines is 1. The number of carbonyl (C=O) groups is 2. The van der Waals surface area contributed by atoms with Crippen LogP contribution < -0.4 is 5.32 Å². The van der Waals surface area contributed by atoms with Gasteiger partial charge in [-0.05, 0) is 82.4 Å². The van der Waals surface area contributed by atoms with E-state index in [2.05, 4.69) is 27.9 Å². The number of imide groups is 1. The lowest BCUT2D eigenvalue weighted by molar-refractivity contribution is -0.122. The maximum atomic E-state index is 12.4. The molecule has 24 heavy (non-hydrogen) atoms. The van der Waals surface area contributed by atoms with Gasteiger partial charge in [-0.3, -0.25) is 14.5 Å². The van der Waals surface area contributed by atoms with E-state index in [1.807, 2.05) is 24.3 Å². The van der Waals surface area contributed by atoms with Crippen LogP contribution in [0.5, 0.6) is 0 Å². The Balaban J connectivity index is 1.69. The first-order valence-electron chi connectivity index (χ1n) is 7.03. The molecule has 1 aliphatic rings. The average molecular weight is 471 g/mol. The maximum Gasteiger partial charge on any atom is 0.295 e. The predicted octanol–water partition coefficient (Wildman–Crippen LogP) is 5.05. The van der Waals surface area contributed by atoms with E-state index in [0.717, 1.165) is 26.6 Å². The Morgan fingerprint density at radius 3 is 2.42 bits per heavy atom. The Morgan fingerprint density at radius 2 is 1.75 bits per heavy atom. The van der Waals surface area contributed by atoms with E-state index < -0.39 is 0 Å². The van der Waals surface area contributed by atoms with Crippen molar-refractivity contribution in [2.24, 2.45) is 0 Å². The molecular weight excluding hydrogens is 459 g/mol. The van der Waals surface area contributed by atoms with E-state index in [0.29, 0.717) is 9.93 Å².